The summed E-state index contributed by atoms with van der Waals surface area (Å²) in [5, 5.41) is 6.40. The van der Waals surface area contributed by atoms with Gasteiger partial charge in [-0.05, 0) is 78.6 Å². The lowest BCUT2D eigenvalue weighted by Gasteiger charge is -2.23. The third-order valence-corrected chi connectivity index (χ3v) is 6.18. The number of carbonyl (C=O) groups excluding carboxylic acids is 1. The van der Waals surface area contributed by atoms with Gasteiger partial charge in [-0.15, -0.1) is 0 Å². The number of ether oxygens (including phenoxy) is 2. The summed E-state index contributed by atoms with van der Waals surface area (Å²) < 4.78 is 12.1. The molecule has 1 aliphatic rings. The molecule has 1 fully saturated rings. The van der Waals surface area contributed by atoms with Crippen LogP contribution in [0.15, 0.2) is 40.9 Å². The van der Waals surface area contributed by atoms with E-state index in [1.54, 1.807) is 7.11 Å². The summed E-state index contributed by atoms with van der Waals surface area (Å²) >= 11 is 3.57. The van der Waals surface area contributed by atoms with Crippen molar-refractivity contribution in [2.45, 2.75) is 39.3 Å². The Morgan fingerprint density at radius 1 is 1.26 bits per heavy atom. The lowest BCUT2D eigenvalue weighted by Crippen LogP contribution is -2.37. The van der Waals surface area contributed by atoms with Crippen LogP contribution in [0.2, 0.25) is 0 Å². The number of nitrogens with zero attached hydrogens (tertiary/aromatic N) is 1. The molecule has 1 saturated heterocycles. The molecular formula is C24H32BrN3O3. The van der Waals surface area contributed by atoms with Gasteiger partial charge in [-0.1, -0.05) is 24.6 Å². The summed E-state index contributed by atoms with van der Waals surface area (Å²) in [6.07, 6.45) is 2.54. The van der Waals surface area contributed by atoms with E-state index in [1.165, 1.54) is 19.4 Å². The largest absolute Gasteiger partial charge is 0.493 e. The molecule has 0 aromatic heterocycles. The summed E-state index contributed by atoms with van der Waals surface area (Å²) in [6.45, 7) is 8.16. The van der Waals surface area contributed by atoms with E-state index < -0.39 is 0 Å². The van der Waals surface area contributed by atoms with E-state index in [0.29, 0.717) is 17.5 Å². The molecule has 0 radical (unpaired) electrons. The molecule has 0 aliphatic carbocycles. The van der Waals surface area contributed by atoms with Crippen LogP contribution in [0.4, 0.5) is 5.69 Å². The Kier molecular flexibility index (Phi) is 8.75. The number of likely N-dealkylation sites (N-methyl/N-ethyl adjacent to an activating group) is 1. The first-order valence-corrected chi connectivity index (χ1v) is 11.6. The van der Waals surface area contributed by atoms with Crippen molar-refractivity contribution in [3.05, 3.63) is 52.0 Å². The van der Waals surface area contributed by atoms with Crippen molar-refractivity contribution < 1.29 is 14.3 Å². The maximum Gasteiger partial charge on any atom is 0.262 e. The third kappa shape index (κ3) is 6.69. The quantitative estimate of drug-likeness (QED) is 0.519. The van der Waals surface area contributed by atoms with Gasteiger partial charge in [0.15, 0.2) is 18.1 Å². The highest BCUT2D eigenvalue weighted by atomic mass is 79.9. The monoisotopic (exact) mass is 489 g/mol. The molecule has 0 saturated carbocycles. The molecule has 3 rings (SSSR count). The van der Waals surface area contributed by atoms with Crippen LogP contribution in [0.3, 0.4) is 0 Å². The molecule has 6 nitrogen and oxygen atoms in total. The van der Waals surface area contributed by atoms with Crippen molar-refractivity contribution in [3.63, 3.8) is 0 Å². The van der Waals surface area contributed by atoms with E-state index in [2.05, 4.69) is 38.4 Å². The molecule has 2 aromatic rings. The summed E-state index contributed by atoms with van der Waals surface area (Å²) in [4.78, 5) is 14.8. The number of methoxy groups -OCH3 is 1. The third-order valence-electron chi connectivity index (χ3n) is 5.59. The number of anilines is 1. The Morgan fingerprint density at radius 3 is 2.74 bits per heavy atom. The number of hydrogen-bond acceptors (Lipinski definition) is 5. The fourth-order valence-electron chi connectivity index (χ4n) is 3.91. The van der Waals surface area contributed by atoms with Gasteiger partial charge in [0.25, 0.3) is 5.91 Å². The highest BCUT2D eigenvalue weighted by molar-refractivity contribution is 9.10. The van der Waals surface area contributed by atoms with E-state index in [9.17, 15) is 4.79 Å². The fourth-order valence-corrected chi connectivity index (χ4v) is 4.52. The molecule has 1 aliphatic heterocycles. The second-order valence-electron chi connectivity index (χ2n) is 7.87. The molecule has 0 spiro atoms. The highest BCUT2D eigenvalue weighted by Crippen LogP contribution is 2.36. The van der Waals surface area contributed by atoms with Gasteiger partial charge in [0.2, 0.25) is 0 Å². The normalized spacial score (nSPS) is 16.3. The number of amides is 1. The SMILES string of the molecule is CCN1CCC[C@@H]1CNCc1cc(Br)c(OCC(=O)Nc2ccc(C)cc2)c(OC)c1. The fraction of sp³-hybridized carbons (Fsp3) is 0.458. The van der Waals surface area contributed by atoms with Crippen LogP contribution < -0.4 is 20.1 Å². The number of aryl methyl sites for hydroxylation is 1. The predicted molar refractivity (Wildman–Crippen MR) is 128 cm³/mol. The summed E-state index contributed by atoms with van der Waals surface area (Å²) in [7, 11) is 1.61. The lowest BCUT2D eigenvalue weighted by atomic mass is 10.1. The van der Waals surface area contributed by atoms with Crippen molar-refractivity contribution in [1.82, 2.24) is 10.2 Å². The Hall–Kier alpha value is -2.09. The number of benzene rings is 2. The minimum absolute atomic E-state index is 0.102. The second-order valence-corrected chi connectivity index (χ2v) is 8.72. The van der Waals surface area contributed by atoms with Crippen LogP contribution in [-0.4, -0.2) is 50.2 Å². The summed E-state index contributed by atoms with van der Waals surface area (Å²) in [5.41, 5.74) is 2.99. The van der Waals surface area contributed by atoms with Gasteiger partial charge in [-0.25, -0.2) is 0 Å². The van der Waals surface area contributed by atoms with Gasteiger partial charge in [-0.3, -0.25) is 9.69 Å². The molecule has 7 heteroatoms. The number of carbonyl (C=O) groups is 1. The highest BCUT2D eigenvalue weighted by Gasteiger charge is 2.22. The molecule has 0 unspecified atom stereocenters. The topological polar surface area (TPSA) is 62.8 Å². The summed E-state index contributed by atoms with van der Waals surface area (Å²) in [6, 6.07) is 12.2. The smallest absolute Gasteiger partial charge is 0.262 e. The van der Waals surface area contributed by atoms with Crippen LogP contribution >= 0.6 is 15.9 Å². The second kappa shape index (κ2) is 11.5. The molecular weight excluding hydrogens is 458 g/mol. The first-order valence-electron chi connectivity index (χ1n) is 10.8. The van der Waals surface area contributed by atoms with Crippen molar-refractivity contribution in [3.8, 4) is 11.5 Å². The molecule has 1 atom stereocenters. The Morgan fingerprint density at radius 2 is 2.03 bits per heavy atom. The van der Waals surface area contributed by atoms with Crippen molar-refractivity contribution in [2.24, 2.45) is 0 Å². The number of nitrogens with one attached hydrogen (secondary N) is 2. The number of likely N-dealkylation sites (tertiary alicyclic amines) is 1. The van der Waals surface area contributed by atoms with Crippen LogP contribution in [0.5, 0.6) is 11.5 Å². The van der Waals surface area contributed by atoms with E-state index in [-0.39, 0.29) is 12.5 Å². The minimum atomic E-state index is -0.222. The van der Waals surface area contributed by atoms with Gasteiger partial charge in [0, 0.05) is 24.8 Å². The van der Waals surface area contributed by atoms with E-state index in [4.69, 9.17) is 9.47 Å². The van der Waals surface area contributed by atoms with Crippen molar-refractivity contribution >= 4 is 27.5 Å². The minimum Gasteiger partial charge on any atom is -0.493 e. The van der Waals surface area contributed by atoms with Gasteiger partial charge >= 0.3 is 0 Å². The zero-order chi connectivity index (χ0) is 22.2. The van der Waals surface area contributed by atoms with Gasteiger partial charge in [0.05, 0.1) is 11.6 Å². The van der Waals surface area contributed by atoms with E-state index >= 15 is 0 Å². The Bertz CT molecular complexity index is 873. The Balaban J connectivity index is 1.54. The molecule has 0 bridgehead atoms. The van der Waals surface area contributed by atoms with Gasteiger partial charge in [-0.2, -0.15) is 0 Å². The molecule has 168 valence electrons. The Labute approximate surface area is 193 Å². The van der Waals surface area contributed by atoms with Crippen LogP contribution in [0.1, 0.15) is 30.9 Å². The lowest BCUT2D eigenvalue weighted by molar-refractivity contribution is -0.118. The maximum atomic E-state index is 12.3. The van der Waals surface area contributed by atoms with Crippen molar-refractivity contribution in [2.75, 3.05) is 38.7 Å². The van der Waals surface area contributed by atoms with Crippen molar-refractivity contribution in [1.29, 1.82) is 0 Å². The number of rotatable bonds is 10. The number of halogens is 1. The number of hydrogen-bond donors (Lipinski definition) is 2. The maximum absolute atomic E-state index is 12.3. The van der Waals surface area contributed by atoms with Gasteiger partial charge < -0.3 is 20.1 Å². The van der Waals surface area contributed by atoms with Crippen LogP contribution in [-0.2, 0) is 11.3 Å². The first-order chi connectivity index (χ1) is 15.0. The molecule has 1 amide bonds. The first kappa shape index (κ1) is 23.6. The zero-order valence-electron chi connectivity index (χ0n) is 18.5. The average molecular weight is 490 g/mol. The molecule has 2 N–H and O–H groups in total. The van der Waals surface area contributed by atoms with E-state index in [1.807, 2.05) is 43.3 Å². The van der Waals surface area contributed by atoms with Crippen LogP contribution in [0, 0.1) is 6.92 Å². The van der Waals surface area contributed by atoms with Crippen LogP contribution in [0.25, 0.3) is 0 Å². The molecule has 1 heterocycles. The standard InChI is InChI=1S/C24H32BrN3O3/c1-4-28-11-5-6-20(28)15-26-14-18-12-21(25)24(22(13-18)30-3)31-16-23(29)27-19-9-7-17(2)8-10-19/h7-10,12-13,20,26H,4-6,11,14-16H2,1-3H3,(H,27,29)/t20-/m1/s1. The van der Waals surface area contributed by atoms with Gasteiger partial charge in [0.1, 0.15) is 0 Å². The summed E-state index contributed by atoms with van der Waals surface area (Å²) in [5.74, 6) is 0.907. The molecule has 31 heavy (non-hydrogen) atoms. The van der Waals surface area contributed by atoms with E-state index in [0.717, 1.165) is 40.9 Å². The predicted octanol–water partition coefficient (Wildman–Crippen LogP) is 4.36. The zero-order valence-corrected chi connectivity index (χ0v) is 20.1. The average Bonchev–Trinajstić information content (AvgIpc) is 3.21. The molecule has 2 aromatic carbocycles.